The van der Waals surface area contributed by atoms with Crippen LogP contribution in [0.1, 0.15) is 26.3 Å². The molecule has 3 aromatic rings. The van der Waals surface area contributed by atoms with Crippen LogP contribution in [0.15, 0.2) is 48.5 Å². The van der Waals surface area contributed by atoms with Crippen LogP contribution in [0.3, 0.4) is 0 Å². The minimum absolute atomic E-state index is 0.0335. The molecule has 0 spiro atoms. The lowest BCUT2D eigenvalue weighted by Gasteiger charge is -2.18. The summed E-state index contributed by atoms with van der Waals surface area (Å²) in [6.07, 6.45) is 0. The van der Waals surface area contributed by atoms with Gasteiger partial charge < -0.3 is 5.32 Å². The van der Waals surface area contributed by atoms with E-state index in [4.69, 9.17) is 0 Å². The van der Waals surface area contributed by atoms with E-state index in [-0.39, 0.29) is 5.91 Å². The Hall–Kier alpha value is -1.95. The summed E-state index contributed by atoms with van der Waals surface area (Å²) < 4.78 is 0.935. The molecular weight excluding hydrogens is 423 g/mol. The first-order valence-electron chi connectivity index (χ1n) is 8.23. The standard InChI is InChI=1S/C21H21IN2O/c1-13-7-5-6-8-16(13)14-9-10-18-15(11-14)12-17(22)19(23-18)24-20(25)21(2,3)4/h5-12H,1-4H3,(H,23,24,25). The van der Waals surface area contributed by atoms with Crippen LogP contribution in [0, 0.1) is 15.9 Å². The van der Waals surface area contributed by atoms with Gasteiger partial charge in [0.15, 0.2) is 0 Å². The second kappa shape index (κ2) is 6.75. The lowest BCUT2D eigenvalue weighted by atomic mass is 9.96. The van der Waals surface area contributed by atoms with Crippen LogP contribution in [-0.2, 0) is 4.79 Å². The Kier molecular flexibility index (Phi) is 4.82. The molecule has 0 aliphatic heterocycles. The molecule has 0 aliphatic rings. The van der Waals surface area contributed by atoms with Crippen LogP contribution in [0.4, 0.5) is 5.82 Å². The molecule has 1 aromatic heterocycles. The Morgan fingerprint density at radius 2 is 1.80 bits per heavy atom. The molecule has 1 heterocycles. The van der Waals surface area contributed by atoms with Gasteiger partial charge in [-0.15, -0.1) is 0 Å². The molecule has 2 aromatic carbocycles. The summed E-state index contributed by atoms with van der Waals surface area (Å²) in [5.41, 5.74) is 4.08. The van der Waals surface area contributed by atoms with Gasteiger partial charge in [0.1, 0.15) is 5.82 Å². The minimum atomic E-state index is -0.450. The molecule has 0 fully saturated rings. The fourth-order valence-corrected chi connectivity index (χ4v) is 3.19. The molecule has 4 heteroatoms. The zero-order valence-electron chi connectivity index (χ0n) is 14.9. The van der Waals surface area contributed by atoms with Gasteiger partial charge in [-0.2, -0.15) is 0 Å². The van der Waals surface area contributed by atoms with Gasteiger partial charge in [-0.25, -0.2) is 4.98 Å². The zero-order valence-corrected chi connectivity index (χ0v) is 17.0. The maximum absolute atomic E-state index is 12.2. The lowest BCUT2D eigenvalue weighted by Crippen LogP contribution is -2.28. The molecule has 1 amide bonds. The number of aryl methyl sites for hydroxylation is 1. The highest BCUT2D eigenvalue weighted by Gasteiger charge is 2.22. The number of benzene rings is 2. The third-order valence-electron chi connectivity index (χ3n) is 4.14. The van der Waals surface area contributed by atoms with Crippen molar-refractivity contribution in [3.05, 3.63) is 57.7 Å². The highest BCUT2D eigenvalue weighted by atomic mass is 127. The molecule has 0 aliphatic carbocycles. The number of hydrogen-bond donors (Lipinski definition) is 1. The maximum Gasteiger partial charge on any atom is 0.230 e. The summed E-state index contributed by atoms with van der Waals surface area (Å²) in [5, 5.41) is 4.01. The number of halogens is 1. The monoisotopic (exact) mass is 444 g/mol. The van der Waals surface area contributed by atoms with Crippen molar-refractivity contribution in [2.45, 2.75) is 27.7 Å². The van der Waals surface area contributed by atoms with Crippen LogP contribution in [0.2, 0.25) is 0 Å². The van der Waals surface area contributed by atoms with Crippen LogP contribution >= 0.6 is 22.6 Å². The number of nitrogens with zero attached hydrogens (tertiary/aromatic N) is 1. The van der Waals surface area contributed by atoms with E-state index >= 15 is 0 Å². The third kappa shape index (κ3) is 3.84. The number of fused-ring (bicyclic) bond motifs is 1. The third-order valence-corrected chi connectivity index (χ3v) is 4.96. The second-order valence-electron chi connectivity index (χ2n) is 7.25. The summed E-state index contributed by atoms with van der Waals surface area (Å²) >= 11 is 2.23. The summed E-state index contributed by atoms with van der Waals surface area (Å²) in [7, 11) is 0. The number of carbonyl (C=O) groups excluding carboxylic acids is 1. The van der Waals surface area contributed by atoms with Crippen molar-refractivity contribution >= 4 is 45.2 Å². The molecule has 0 saturated heterocycles. The minimum Gasteiger partial charge on any atom is -0.309 e. The van der Waals surface area contributed by atoms with Gasteiger partial charge in [0.25, 0.3) is 0 Å². The smallest absolute Gasteiger partial charge is 0.230 e. The van der Waals surface area contributed by atoms with Crippen molar-refractivity contribution in [2.24, 2.45) is 5.41 Å². The van der Waals surface area contributed by atoms with E-state index in [1.54, 1.807) is 0 Å². The molecule has 0 bridgehead atoms. The van der Waals surface area contributed by atoms with E-state index in [1.165, 1.54) is 16.7 Å². The number of hydrogen-bond acceptors (Lipinski definition) is 2. The lowest BCUT2D eigenvalue weighted by molar-refractivity contribution is -0.123. The number of rotatable bonds is 2. The molecule has 3 rings (SSSR count). The van der Waals surface area contributed by atoms with Crippen molar-refractivity contribution in [1.82, 2.24) is 4.98 Å². The van der Waals surface area contributed by atoms with Crippen LogP contribution in [0.5, 0.6) is 0 Å². The second-order valence-corrected chi connectivity index (χ2v) is 8.41. The number of pyridine rings is 1. The fraction of sp³-hybridized carbons (Fsp3) is 0.238. The van der Waals surface area contributed by atoms with Crippen molar-refractivity contribution < 1.29 is 4.79 Å². The average molecular weight is 444 g/mol. The average Bonchev–Trinajstić information content (AvgIpc) is 2.54. The number of anilines is 1. The molecule has 0 radical (unpaired) electrons. The van der Waals surface area contributed by atoms with E-state index < -0.39 is 5.41 Å². The zero-order chi connectivity index (χ0) is 18.2. The topological polar surface area (TPSA) is 42.0 Å². The van der Waals surface area contributed by atoms with Gasteiger partial charge in [-0.1, -0.05) is 51.1 Å². The fourth-order valence-electron chi connectivity index (χ4n) is 2.60. The van der Waals surface area contributed by atoms with Crippen LogP contribution < -0.4 is 5.32 Å². The van der Waals surface area contributed by atoms with Crippen LogP contribution in [0.25, 0.3) is 22.0 Å². The number of amides is 1. The Morgan fingerprint density at radius 1 is 1.08 bits per heavy atom. The predicted molar refractivity (Wildman–Crippen MR) is 113 cm³/mol. The van der Waals surface area contributed by atoms with Gasteiger partial charge in [0.05, 0.1) is 9.09 Å². The van der Waals surface area contributed by atoms with Crippen molar-refractivity contribution in [2.75, 3.05) is 5.32 Å². The molecule has 0 unspecified atom stereocenters. The van der Waals surface area contributed by atoms with Crippen molar-refractivity contribution in [1.29, 1.82) is 0 Å². The quantitative estimate of drug-likeness (QED) is 0.508. The highest BCUT2D eigenvalue weighted by molar-refractivity contribution is 14.1. The highest BCUT2D eigenvalue weighted by Crippen LogP contribution is 2.29. The molecule has 128 valence electrons. The number of carbonyl (C=O) groups is 1. The van der Waals surface area contributed by atoms with E-state index in [1.807, 2.05) is 26.8 Å². The van der Waals surface area contributed by atoms with E-state index in [2.05, 4.69) is 82.3 Å². The summed E-state index contributed by atoms with van der Waals surface area (Å²) in [5.74, 6) is 0.588. The van der Waals surface area contributed by atoms with Gasteiger partial charge in [-0.3, -0.25) is 4.79 Å². The van der Waals surface area contributed by atoms with E-state index in [0.29, 0.717) is 5.82 Å². The van der Waals surface area contributed by atoms with Crippen molar-refractivity contribution in [3.8, 4) is 11.1 Å². The molecule has 3 nitrogen and oxygen atoms in total. The molecule has 1 N–H and O–H groups in total. The largest absolute Gasteiger partial charge is 0.309 e. The Labute approximate surface area is 162 Å². The number of nitrogens with one attached hydrogen (secondary N) is 1. The first-order chi connectivity index (χ1) is 11.8. The summed E-state index contributed by atoms with van der Waals surface area (Å²) in [4.78, 5) is 16.9. The van der Waals surface area contributed by atoms with Crippen molar-refractivity contribution in [3.63, 3.8) is 0 Å². The normalized spacial score (nSPS) is 11.6. The van der Waals surface area contributed by atoms with Gasteiger partial charge in [0.2, 0.25) is 5.91 Å². The Balaban J connectivity index is 2.02. The van der Waals surface area contributed by atoms with E-state index in [0.717, 1.165) is 14.5 Å². The Bertz CT molecular complexity index is 958. The SMILES string of the molecule is Cc1ccccc1-c1ccc2nc(NC(=O)C(C)(C)C)c(I)cc2c1. The maximum atomic E-state index is 12.2. The van der Waals surface area contributed by atoms with Gasteiger partial charge in [0, 0.05) is 10.8 Å². The van der Waals surface area contributed by atoms with E-state index in [9.17, 15) is 4.79 Å². The molecule has 25 heavy (non-hydrogen) atoms. The molecular formula is C21H21IN2O. The van der Waals surface area contributed by atoms with Crippen LogP contribution in [-0.4, -0.2) is 10.9 Å². The molecule has 0 atom stereocenters. The predicted octanol–water partition coefficient (Wildman–Crippen LogP) is 5.80. The van der Waals surface area contributed by atoms with Gasteiger partial charge in [-0.05, 0) is 64.4 Å². The first kappa shape index (κ1) is 17.9. The summed E-state index contributed by atoms with van der Waals surface area (Å²) in [6.45, 7) is 7.80. The molecule has 0 saturated carbocycles. The first-order valence-corrected chi connectivity index (χ1v) is 9.31. The Morgan fingerprint density at radius 3 is 2.48 bits per heavy atom. The summed E-state index contributed by atoms with van der Waals surface area (Å²) in [6, 6.07) is 16.7. The number of aromatic nitrogens is 1. The van der Waals surface area contributed by atoms with Gasteiger partial charge >= 0.3 is 0 Å².